The van der Waals surface area contributed by atoms with Crippen molar-refractivity contribution in [2.45, 2.75) is 31.8 Å². The van der Waals surface area contributed by atoms with E-state index in [1.54, 1.807) is 0 Å². The molecule has 2 aliphatic rings. The fourth-order valence-corrected chi connectivity index (χ4v) is 2.21. The Hall–Kier alpha value is -0.770. The molecule has 4 nitrogen and oxygen atoms in total. The Morgan fingerprint density at radius 2 is 2.14 bits per heavy atom. The molecule has 1 unspecified atom stereocenters. The van der Waals surface area contributed by atoms with E-state index in [0.717, 1.165) is 25.7 Å². The van der Waals surface area contributed by atoms with Crippen LogP contribution in [-0.2, 0) is 0 Å². The van der Waals surface area contributed by atoms with Gasteiger partial charge >= 0.3 is 6.09 Å². The zero-order valence-corrected chi connectivity index (χ0v) is 8.22. The van der Waals surface area contributed by atoms with Gasteiger partial charge in [0.05, 0.1) is 6.10 Å². The van der Waals surface area contributed by atoms with Crippen molar-refractivity contribution in [1.29, 1.82) is 0 Å². The molecule has 1 aliphatic carbocycles. The van der Waals surface area contributed by atoms with Crippen molar-refractivity contribution < 1.29 is 15.0 Å². The quantitative estimate of drug-likeness (QED) is 0.716. The summed E-state index contributed by atoms with van der Waals surface area (Å²) in [6.07, 6.45) is 2.99. The van der Waals surface area contributed by atoms with Crippen LogP contribution in [0.2, 0.25) is 0 Å². The smallest absolute Gasteiger partial charge is 0.407 e. The molecular formula is C10H17NO3. The van der Waals surface area contributed by atoms with Crippen molar-refractivity contribution in [3.05, 3.63) is 0 Å². The van der Waals surface area contributed by atoms with Crippen molar-refractivity contribution >= 4 is 6.09 Å². The number of carbonyl (C=O) groups is 1. The number of likely N-dealkylation sites (tertiary alicyclic amines) is 1. The van der Waals surface area contributed by atoms with Crippen LogP contribution >= 0.6 is 0 Å². The third-order valence-corrected chi connectivity index (χ3v) is 3.30. The molecule has 0 bridgehead atoms. The molecule has 14 heavy (non-hydrogen) atoms. The molecule has 1 heterocycles. The van der Waals surface area contributed by atoms with Gasteiger partial charge in [-0.25, -0.2) is 4.79 Å². The molecule has 4 heteroatoms. The molecule has 0 aromatic rings. The van der Waals surface area contributed by atoms with Crippen LogP contribution in [0.1, 0.15) is 25.7 Å². The predicted molar refractivity (Wildman–Crippen MR) is 51.1 cm³/mol. The molecule has 2 N–H and O–H groups in total. The zero-order chi connectivity index (χ0) is 10.1. The minimum atomic E-state index is -0.826. The predicted octanol–water partition coefficient (Wildman–Crippen LogP) is 1.15. The first kappa shape index (κ1) is 9.77. The normalized spacial score (nSPS) is 29.2. The fraction of sp³-hybridized carbons (Fsp3) is 0.900. The van der Waals surface area contributed by atoms with Gasteiger partial charge in [0.15, 0.2) is 0 Å². The van der Waals surface area contributed by atoms with Gasteiger partial charge in [0, 0.05) is 13.1 Å². The average molecular weight is 199 g/mol. The van der Waals surface area contributed by atoms with Crippen LogP contribution < -0.4 is 0 Å². The van der Waals surface area contributed by atoms with Crippen LogP contribution in [-0.4, -0.2) is 40.4 Å². The van der Waals surface area contributed by atoms with Crippen LogP contribution in [0.25, 0.3) is 0 Å². The Bertz CT molecular complexity index is 227. The summed E-state index contributed by atoms with van der Waals surface area (Å²) in [6, 6.07) is 0. The first-order valence-electron chi connectivity index (χ1n) is 5.32. The Morgan fingerprint density at radius 3 is 2.64 bits per heavy atom. The largest absolute Gasteiger partial charge is 0.465 e. The minimum Gasteiger partial charge on any atom is -0.465 e. The molecule has 1 saturated carbocycles. The van der Waals surface area contributed by atoms with E-state index in [0.29, 0.717) is 24.9 Å². The van der Waals surface area contributed by atoms with Crippen molar-refractivity contribution in [2.75, 3.05) is 13.1 Å². The van der Waals surface area contributed by atoms with Gasteiger partial charge in [-0.1, -0.05) is 0 Å². The minimum absolute atomic E-state index is 0.186. The number of rotatable bonds is 3. The second-order valence-corrected chi connectivity index (χ2v) is 4.52. The number of amides is 1. The average Bonchev–Trinajstić information content (AvgIpc) is 2.87. The summed E-state index contributed by atoms with van der Waals surface area (Å²) in [5.74, 6) is 0.885. The van der Waals surface area contributed by atoms with Crippen LogP contribution in [0.5, 0.6) is 0 Å². The molecule has 0 aromatic heterocycles. The Labute approximate surface area is 83.5 Å². The highest BCUT2D eigenvalue weighted by molar-refractivity contribution is 5.65. The Morgan fingerprint density at radius 1 is 1.43 bits per heavy atom. The van der Waals surface area contributed by atoms with Gasteiger partial charge in [-0.15, -0.1) is 0 Å². The monoisotopic (exact) mass is 199 g/mol. The van der Waals surface area contributed by atoms with Crippen LogP contribution in [0.4, 0.5) is 4.79 Å². The maximum atomic E-state index is 10.6. The van der Waals surface area contributed by atoms with E-state index in [2.05, 4.69) is 0 Å². The summed E-state index contributed by atoms with van der Waals surface area (Å²) in [5, 5.41) is 18.5. The number of hydrogen-bond donors (Lipinski definition) is 2. The molecule has 2 atom stereocenters. The number of carboxylic acid groups (broad SMARTS) is 1. The van der Waals surface area contributed by atoms with E-state index < -0.39 is 6.09 Å². The molecule has 1 saturated heterocycles. The lowest BCUT2D eigenvalue weighted by Gasteiger charge is -2.15. The molecule has 0 aromatic carbocycles. The molecule has 0 spiro atoms. The van der Waals surface area contributed by atoms with Gasteiger partial charge in [-0.3, -0.25) is 0 Å². The van der Waals surface area contributed by atoms with Crippen LogP contribution in [0.15, 0.2) is 0 Å². The van der Waals surface area contributed by atoms with Crippen molar-refractivity contribution in [3.8, 4) is 0 Å². The maximum Gasteiger partial charge on any atom is 0.407 e. The first-order valence-corrected chi connectivity index (χ1v) is 5.32. The standard InChI is InChI=1S/C10H17NO3/c12-9(8-1-2-8)5-7-3-4-11(6-7)10(13)14/h7-9,12H,1-6H2,(H,13,14)/t7-,9?/m0/s1. The van der Waals surface area contributed by atoms with Gasteiger partial charge in [-0.2, -0.15) is 0 Å². The number of hydrogen-bond acceptors (Lipinski definition) is 2. The molecule has 1 amide bonds. The highest BCUT2D eigenvalue weighted by Crippen LogP contribution is 2.36. The van der Waals surface area contributed by atoms with Crippen molar-refractivity contribution in [2.24, 2.45) is 11.8 Å². The fourth-order valence-electron chi connectivity index (χ4n) is 2.21. The summed E-state index contributed by atoms with van der Waals surface area (Å²) in [7, 11) is 0. The second-order valence-electron chi connectivity index (χ2n) is 4.52. The van der Waals surface area contributed by atoms with Crippen molar-refractivity contribution in [1.82, 2.24) is 4.90 Å². The summed E-state index contributed by atoms with van der Waals surface area (Å²) >= 11 is 0. The highest BCUT2D eigenvalue weighted by Gasteiger charge is 2.34. The summed E-state index contributed by atoms with van der Waals surface area (Å²) in [5.41, 5.74) is 0. The van der Waals surface area contributed by atoms with E-state index >= 15 is 0 Å². The Kier molecular flexibility index (Phi) is 2.63. The zero-order valence-electron chi connectivity index (χ0n) is 8.22. The third kappa shape index (κ3) is 2.18. The van der Waals surface area contributed by atoms with Gasteiger partial charge in [-0.05, 0) is 37.5 Å². The van der Waals surface area contributed by atoms with Crippen LogP contribution in [0, 0.1) is 11.8 Å². The lowest BCUT2D eigenvalue weighted by atomic mass is 9.98. The Balaban J connectivity index is 1.74. The molecule has 1 aliphatic heterocycles. The summed E-state index contributed by atoms with van der Waals surface area (Å²) in [6.45, 7) is 1.25. The van der Waals surface area contributed by atoms with E-state index in [9.17, 15) is 9.90 Å². The third-order valence-electron chi connectivity index (χ3n) is 3.30. The van der Waals surface area contributed by atoms with E-state index in [1.165, 1.54) is 4.90 Å². The van der Waals surface area contributed by atoms with Crippen molar-refractivity contribution in [3.63, 3.8) is 0 Å². The summed E-state index contributed by atoms with van der Waals surface area (Å²) < 4.78 is 0. The maximum absolute atomic E-state index is 10.6. The van der Waals surface area contributed by atoms with Gasteiger partial charge < -0.3 is 15.1 Å². The SMILES string of the molecule is O=C(O)N1CC[C@@H](CC(O)C2CC2)C1. The van der Waals surface area contributed by atoms with E-state index in [-0.39, 0.29) is 6.10 Å². The van der Waals surface area contributed by atoms with Gasteiger partial charge in [0.2, 0.25) is 0 Å². The number of aliphatic hydroxyl groups excluding tert-OH is 1. The topological polar surface area (TPSA) is 60.8 Å². The molecule has 80 valence electrons. The lowest BCUT2D eigenvalue weighted by Crippen LogP contribution is -2.27. The van der Waals surface area contributed by atoms with Gasteiger partial charge in [0.1, 0.15) is 0 Å². The highest BCUT2D eigenvalue weighted by atomic mass is 16.4. The first-order chi connectivity index (χ1) is 6.66. The second kappa shape index (κ2) is 3.77. The number of aliphatic hydroxyl groups is 1. The molecule has 2 rings (SSSR count). The van der Waals surface area contributed by atoms with Gasteiger partial charge in [0.25, 0.3) is 0 Å². The van der Waals surface area contributed by atoms with Crippen LogP contribution in [0.3, 0.4) is 0 Å². The number of nitrogens with zero attached hydrogens (tertiary/aromatic N) is 1. The van der Waals surface area contributed by atoms with E-state index in [4.69, 9.17) is 5.11 Å². The molecular weight excluding hydrogens is 182 g/mol. The summed E-state index contributed by atoms with van der Waals surface area (Å²) in [4.78, 5) is 12.1. The molecule has 2 fully saturated rings. The molecule has 0 radical (unpaired) electrons. The lowest BCUT2D eigenvalue weighted by molar-refractivity contribution is 0.118. The van der Waals surface area contributed by atoms with E-state index in [1.807, 2.05) is 0 Å².